The number of alkyl halides is 1. The van der Waals surface area contributed by atoms with Crippen LogP contribution in [0, 0.1) is 0 Å². The largest absolute Gasteiger partial charge is 0.487 e. The number of hydrogen-bond acceptors (Lipinski definition) is 12. The van der Waals surface area contributed by atoms with Crippen LogP contribution in [0.25, 0.3) is 0 Å². The fourth-order valence-corrected chi connectivity index (χ4v) is 4.20. The minimum absolute atomic E-state index is 0.175. The maximum atomic E-state index is 6.17. The van der Waals surface area contributed by atoms with E-state index in [4.69, 9.17) is 56.8 Å². The second kappa shape index (κ2) is 27.4. The minimum Gasteiger partial charge on any atom is -0.487 e. The van der Waals surface area contributed by atoms with Crippen LogP contribution in [0.5, 0.6) is 17.2 Å². The van der Waals surface area contributed by atoms with Crippen LogP contribution in [-0.2, 0) is 48.0 Å². The summed E-state index contributed by atoms with van der Waals surface area (Å²) in [7, 11) is 0. The average Bonchev–Trinajstić information content (AvgIpc) is 3.02. The third-order valence-electron chi connectivity index (χ3n) is 6.08. The van der Waals surface area contributed by atoms with Crippen LogP contribution in [0.4, 0.5) is 0 Å². The van der Waals surface area contributed by atoms with Crippen molar-refractivity contribution in [2.75, 3.05) is 119 Å². The van der Waals surface area contributed by atoms with Crippen LogP contribution in [0.2, 0.25) is 0 Å². The van der Waals surface area contributed by atoms with Gasteiger partial charge in [-0.3, -0.25) is 0 Å². The highest BCUT2D eigenvalue weighted by atomic mass is 79.9. The van der Waals surface area contributed by atoms with Crippen LogP contribution in [0.15, 0.2) is 12.1 Å². The molecule has 0 N–H and O–H groups in total. The van der Waals surface area contributed by atoms with Crippen molar-refractivity contribution < 1.29 is 56.8 Å². The third kappa shape index (κ3) is 28.3. The Hall–Kier alpha value is -1.26. The van der Waals surface area contributed by atoms with Gasteiger partial charge in [0.1, 0.15) is 19.8 Å². The van der Waals surface area contributed by atoms with Crippen LogP contribution in [0.3, 0.4) is 0 Å². The molecule has 0 heterocycles. The topological polar surface area (TPSA) is 111 Å². The smallest absolute Gasteiger partial charge is 0.203 e. The molecular weight excluding hydrogens is 716 g/mol. The second-order valence-corrected chi connectivity index (χ2v) is 14.7. The van der Waals surface area contributed by atoms with E-state index in [1.54, 1.807) is 0 Å². The van der Waals surface area contributed by atoms with E-state index in [0.29, 0.717) is 142 Å². The molecule has 0 aliphatic rings. The van der Waals surface area contributed by atoms with E-state index in [-0.39, 0.29) is 16.8 Å². The molecule has 50 heavy (non-hydrogen) atoms. The lowest BCUT2D eigenvalue weighted by Gasteiger charge is -2.19. The molecule has 294 valence electrons. The molecule has 12 nitrogen and oxygen atoms in total. The maximum Gasteiger partial charge on any atom is 0.203 e. The molecule has 1 aromatic carbocycles. The standard InChI is InChI=1S/C37H67BrO12/c1-35(2,3)48-25-19-42-13-10-39-16-22-45-32-28-31(30-38)29-33(46-23-17-40-11-14-43-20-26-49-36(4,5)6)34(32)47-24-18-41-12-15-44-21-27-50-37(7,8)9/h28-29H,10-27,30H2,1-9H3. The third-order valence-corrected chi connectivity index (χ3v) is 6.73. The summed E-state index contributed by atoms with van der Waals surface area (Å²) in [6.45, 7) is 26.3. The molecule has 0 aliphatic heterocycles. The van der Waals surface area contributed by atoms with Gasteiger partial charge in [0.2, 0.25) is 5.75 Å². The van der Waals surface area contributed by atoms with Crippen molar-refractivity contribution in [1.82, 2.24) is 0 Å². The van der Waals surface area contributed by atoms with Gasteiger partial charge in [-0.05, 0) is 80.0 Å². The summed E-state index contributed by atoms with van der Waals surface area (Å²) in [5, 5.41) is 0.615. The molecule has 0 atom stereocenters. The van der Waals surface area contributed by atoms with Gasteiger partial charge in [0.25, 0.3) is 0 Å². The SMILES string of the molecule is CC(C)(C)OCCOCCOCCOc1cc(CBr)cc(OCCOCCOCCOC(C)(C)C)c1OCCOCCOCCOC(C)(C)C. The van der Waals surface area contributed by atoms with Crippen LogP contribution >= 0.6 is 15.9 Å². The number of rotatable bonds is 31. The van der Waals surface area contributed by atoms with Crippen molar-refractivity contribution in [3.05, 3.63) is 17.7 Å². The Bertz CT molecular complexity index is 904. The average molecular weight is 784 g/mol. The fraction of sp³-hybridized carbons (Fsp3) is 0.838. The van der Waals surface area contributed by atoms with Gasteiger partial charge in [-0.25, -0.2) is 0 Å². The lowest BCUT2D eigenvalue weighted by atomic mass is 10.2. The normalized spacial score (nSPS) is 12.4. The van der Waals surface area contributed by atoms with Gasteiger partial charge in [-0.15, -0.1) is 0 Å². The summed E-state index contributed by atoms with van der Waals surface area (Å²) >= 11 is 3.55. The van der Waals surface area contributed by atoms with E-state index in [1.165, 1.54) is 0 Å². The molecule has 0 fully saturated rings. The van der Waals surface area contributed by atoms with Crippen molar-refractivity contribution in [2.24, 2.45) is 0 Å². The summed E-state index contributed by atoms with van der Waals surface area (Å²) in [5.41, 5.74) is 0.449. The number of benzene rings is 1. The Kier molecular flexibility index (Phi) is 25.6. The molecule has 0 spiro atoms. The number of halogens is 1. The van der Waals surface area contributed by atoms with Crippen molar-refractivity contribution in [3.63, 3.8) is 0 Å². The lowest BCUT2D eigenvalue weighted by Crippen LogP contribution is -2.22. The molecule has 0 aliphatic carbocycles. The van der Waals surface area contributed by atoms with Crippen molar-refractivity contribution in [2.45, 2.75) is 84.4 Å². The first-order chi connectivity index (χ1) is 23.7. The molecule has 0 saturated heterocycles. The molecular formula is C37H67BrO12. The Morgan fingerprint density at radius 2 is 0.640 bits per heavy atom. The quantitative estimate of drug-likeness (QED) is 0.0626. The molecule has 13 heteroatoms. The molecule has 0 bridgehead atoms. The first-order valence-electron chi connectivity index (χ1n) is 17.7. The van der Waals surface area contributed by atoms with E-state index in [9.17, 15) is 0 Å². The highest BCUT2D eigenvalue weighted by Crippen LogP contribution is 2.39. The van der Waals surface area contributed by atoms with Crippen molar-refractivity contribution in [1.29, 1.82) is 0 Å². The van der Waals surface area contributed by atoms with Crippen LogP contribution in [0.1, 0.15) is 67.9 Å². The lowest BCUT2D eigenvalue weighted by molar-refractivity contribution is -0.0438. The molecule has 0 aromatic heterocycles. The summed E-state index contributed by atoms with van der Waals surface area (Å²) in [4.78, 5) is 0. The van der Waals surface area contributed by atoms with Crippen LogP contribution < -0.4 is 14.2 Å². The van der Waals surface area contributed by atoms with Gasteiger partial charge in [-0.1, -0.05) is 15.9 Å². The molecule has 0 amide bonds. The van der Waals surface area contributed by atoms with E-state index in [1.807, 2.05) is 74.4 Å². The zero-order chi connectivity index (χ0) is 37.1. The Morgan fingerprint density at radius 1 is 0.380 bits per heavy atom. The molecule has 0 unspecified atom stereocenters. The van der Waals surface area contributed by atoms with Gasteiger partial charge in [0.15, 0.2) is 11.5 Å². The van der Waals surface area contributed by atoms with Gasteiger partial charge in [0, 0.05) is 5.33 Å². The Labute approximate surface area is 310 Å². The minimum atomic E-state index is -0.178. The van der Waals surface area contributed by atoms with E-state index >= 15 is 0 Å². The summed E-state index contributed by atoms with van der Waals surface area (Å²) in [5.74, 6) is 1.62. The predicted molar refractivity (Wildman–Crippen MR) is 198 cm³/mol. The van der Waals surface area contributed by atoms with Crippen molar-refractivity contribution in [3.8, 4) is 17.2 Å². The zero-order valence-corrected chi connectivity index (χ0v) is 34.0. The van der Waals surface area contributed by atoms with E-state index in [2.05, 4.69) is 15.9 Å². The van der Waals surface area contributed by atoms with E-state index in [0.717, 1.165) is 5.56 Å². The second-order valence-electron chi connectivity index (χ2n) is 14.2. The molecule has 1 aromatic rings. The summed E-state index contributed by atoms with van der Waals surface area (Å²) < 4.78 is 69.3. The van der Waals surface area contributed by atoms with E-state index < -0.39 is 0 Å². The highest BCUT2D eigenvalue weighted by molar-refractivity contribution is 9.08. The summed E-state index contributed by atoms with van der Waals surface area (Å²) in [6.07, 6.45) is 0. The van der Waals surface area contributed by atoms with Gasteiger partial charge < -0.3 is 56.8 Å². The predicted octanol–water partition coefficient (Wildman–Crippen LogP) is 6.26. The van der Waals surface area contributed by atoms with Crippen LogP contribution in [-0.4, -0.2) is 136 Å². The van der Waals surface area contributed by atoms with Gasteiger partial charge in [-0.2, -0.15) is 0 Å². The summed E-state index contributed by atoms with van der Waals surface area (Å²) in [6, 6.07) is 3.86. The Balaban J connectivity index is 2.57. The first kappa shape index (κ1) is 46.8. The maximum absolute atomic E-state index is 6.17. The monoisotopic (exact) mass is 782 g/mol. The number of hydrogen-bond donors (Lipinski definition) is 0. The van der Waals surface area contributed by atoms with Gasteiger partial charge >= 0.3 is 0 Å². The molecule has 1 rings (SSSR count). The zero-order valence-electron chi connectivity index (χ0n) is 32.4. The molecule has 0 saturated carbocycles. The molecule has 0 radical (unpaired) electrons. The Morgan fingerprint density at radius 3 is 0.920 bits per heavy atom. The van der Waals surface area contributed by atoms with Crippen molar-refractivity contribution >= 4 is 15.9 Å². The first-order valence-corrected chi connectivity index (χ1v) is 18.8. The number of ether oxygens (including phenoxy) is 12. The van der Waals surface area contributed by atoms with Gasteiger partial charge in [0.05, 0.1) is 116 Å². The fourth-order valence-electron chi connectivity index (χ4n) is 3.87. The highest BCUT2D eigenvalue weighted by Gasteiger charge is 2.17.